The van der Waals surface area contributed by atoms with Crippen molar-refractivity contribution in [1.29, 1.82) is 0 Å². The maximum Gasteiger partial charge on any atom is 0.405 e. The molecular weight excluding hydrogens is 273 g/mol. The van der Waals surface area contributed by atoms with E-state index in [9.17, 15) is 13.2 Å². The Kier molecular flexibility index (Phi) is 5.17. The third-order valence-electron chi connectivity index (χ3n) is 2.70. The van der Waals surface area contributed by atoms with E-state index in [0.717, 1.165) is 5.56 Å². The highest BCUT2D eigenvalue weighted by Crippen LogP contribution is 2.24. The van der Waals surface area contributed by atoms with Gasteiger partial charge in [0.1, 0.15) is 11.5 Å². The van der Waals surface area contributed by atoms with Gasteiger partial charge in [0.25, 0.3) is 0 Å². The summed E-state index contributed by atoms with van der Waals surface area (Å²) in [4.78, 5) is 1.57. The van der Waals surface area contributed by atoms with Crippen molar-refractivity contribution < 1.29 is 13.2 Å². The van der Waals surface area contributed by atoms with Gasteiger partial charge in [-0.2, -0.15) is 13.2 Å². The lowest BCUT2D eigenvalue weighted by Gasteiger charge is -2.26. The molecule has 2 nitrogen and oxygen atoms in total. The number of hydrogen-bond acceptors (Lipinski definition) is 2. The zero-order valence-corrected chi connectivity index (χ0v) is 11.7. The zero-order chi connectivity index (χ0) is 14.6. The minimum Gasteiger partial charge on any atom is -0.389 e. The summed E-state index contributed by atoms with van der Waals surface area (Å²) in [6.45, 7) is 3.04. The molecule has 0 saturated carbocycles. The monoisotopic (exact) mass is 290 g/mol. The molecule has 0 unspecified atom stereocenters. The molecule has 0 aliphatic carbocycles. The predicted octanol–water partition coefficient (Wildman–Crippen LogP) is 3.41. The molecule has 0 saturated heterocycles. The second kappa shape index (κ2) is 6.23. The number of hydrogen-bond donors (Lipinski definition) is 1. The van der Waals surface area contributed by atoms with E-state index in [0.29, 0.717) is 24.2 Å². The Morgan fingerprint density at radius 3 is 2.42 bits per heavy atom. The predicted molar refractivity (Wildman–Crippen MR) is 75.6 cm³/mol. The van der Waals surface area contributed by atoms with E-state index in [1.807, 2.05) is 6.92 Å². The van der Waals surface area contributed by atoms with E-state index >= 15 is 0 Å². The van der Waals surface area contributed by atoms with Crippen molar-refractivity contribution in [3.8, 4) is 0 Å². The van der Waals surface area contributed by atoms with Gasteiger partial charge in [0.15, 0.2) is 0 Å². The van der Waals surface area contributed by atoms with Crippen molar-refractivity contribution in [2.75, 3.05) is 18.0 Å². The Morgan fingerprint density at radius 2 is 2.00 bits per heavy atom. The fourth-order valence-corrected chi connectivity index (χ4v) is 2.14. The first-order valence-corrected chi connectivity index (χ1v) is 6.37. The van der Waals surface area contributed by atoms with E-state index < -0.39 is 12.7 Å². The van der Waals surface area contributed by atoms with Crippen LogP contribution >= 0.6 is 12.2 Å². The van der Waals surface area contributed by atoms with Crippen LogP contribution in [0.5, 0.6) is 0 Å². The molecule has 0 spiro atoms. The largest absolute Gasteiger partial charge is 0.405 e. The SMILES string of the molecule is CCCN(CC(F)(F)F)c1ccc(C(N)=S)c(C)c1. The summed E-state index contributed by atoms with van der Waals surface area (Å²) in [6, 6.07) is 4.99. The van der Waals surface area contributed by atoms with E-state index in [2.05, 4.69) is 0 Å². The molecule has 0 aliphatic rings. The highest BCUT2D eigenvalue weighted by Gasteiger charge is 2.30. The van der Waals surface area contributed by atoms with Gasteiger partial charge in [0.2, 0.25) is 0 Å². The summed E-state index contributed by atoms with van der Waals surface area (Å²) in [5.74, 6) is 0. The summed E-state index contributed by atoms with van der Waals surface area (Å²) in [5, 5.41) is 0. The second-order valence-corrected chi connectivity index (χ2v) is 4.84. The first kappa shape index (κ1) is 15.8. The van der Waals surface area contributed by atoms with Gasteiger partial charge in [0.05, 0.1) is 0 Å². The van der Waals surface area contributed by atoms with Gasteiger partial charge in [0, 0.05) is 17.8 Å². The molecule has 106 valence electrons. The summed E-state index contributed by atoms with van der Waals surface area (Å²) in [7, 11) is 0. The van der Waals surface area contributed by atoms with Gasteiger partial charge in [-0.15, -0.1) is 0 Å². The first-order chi connectivity index (χ1) is 8.74. The third-order valence-corrected chi connectivity index (χ3v) is 2.92. The topological polar surface area (TPSA) is 29.3 Å². The average Bonchev–Trinajstić information content (AvgIpc) is 2.26. The summed E-state index contributed by atoms with van der Waals surface area (Å²) >= 11 is 4.88. The van der Waals surface area contributed by atoms with Crippen LogP contribution in [0, 0.1) is 6.92 Å². The number of thiocarbonyl (C=S) groups is 1. The number of benzene rings is 1. The molecule has 0 aromatic heterocycles. The van der Waals surface area contributed by atoms with Gasteiger partial charge in [-0.05, 0) is 37.1 Å². The van der Waals surface area contributed by atoms with E-state index in [4.69, 9.17) is 18.0 Å². The van der Waals surface area contributed by atoms with Crippen molar-refractivity contribution in [3.05, 3.63) is 29.3 Å². The molecule has 0 fully saturated rings. The minimum atomic E-state index is -4.22. The quantitative estimate of drug-likeness (QED) is 0.843. The summed E-state index contributed by atoms with van der Waals surface area (Å²) < 4.78 is 37.6. The van der Waals surface area contributed by atoms with Crippen molar-refractivity contribution in [1.82, 2.24) is 0 Å². The standard InChI is InChI=1S/C13H17F3N2S/c1-3-6-18(8-13(14,15)16)10-4-5-11(12(17)19)9(2)7-10/h4-5,7H,3,6,8H2,1-2H3,(H2,17,19). The van der Waals surface area contributed by atoms with E-state index in [1.165, 1.54) is 4.90 Å². The van der Waals surface area contributed by atoms with E-state index in [-0.39, 0.29) is 4.99 Å². The molecule has 1 rings (SSSR count). The lowest BCUT2D eigenvalue weighted by Crippen LogP contribution is -2.35. The molecular formula is C13H17F3N2S. The maximum atomic E-state index is 12.5. The highest BCUT2D eigenvalue weighted by molar-refractivity contribution is 7.80. The Balaban J connectivity index is 3.03. The molecule has 0 atom stereocenters. The van der Waals surface area contributed by atoms with Crippen LogP contribution in [0.3, 0.4) is 0 Å². The lowest BCUT2D eigenvalue weighted by molar-refractivity contribution is -0.119. The number of nitrogens with two attached hydrogens (primary N) is 1. The number of rotatable bonds is 5. The highest BCUT2D eigenvalue weighted by atomic mass is 32.1. The molecule has 19 heavy (non-hydrogen) atoms. The number of nitrogens with zero attached hydrogens (tertiary/aromatic N) is 1. The van der Waals surface area contributed by atoms with Crippen LogP contribution in [0.1, 0.15) is 24.5 Å². The Bertz CT molecular complexity index is 458. The fraction of sp³-hybridized carbons (Fsp3) is 0.462. The Hall–Kier alpha value is -1.30. The second-order valence-electron chi connectivity index (χ2n) is 4.40. The summed E-state index contributed by atoms with van der Waals surface area (Å²) in [6.07, 6.45) is -3.57. The number of alkyl halides is 3. The average molecular weight is 290 g/mol. The van der Waals surface area contributed by atoms with Gasteiger partial charge < -0.3 is 10.6 Å². The van der Waals surface area contributed by atoms with Crippen LogP contribution in [0.2, 0.25) is 0 Å². The molecule has 6 heteroatoms. The van der Waals surface area contributed by atoms with Gasteiger partial charge in [-0.25, -0.2) is 0 Å². The molecule has 0 amide bonds. The number of anilines is 1. The zero-order valence-electron chi connectivity index (χ0n) is 10.9. The van der Waals surface area contributed by atoms with Gasteiger partial charge in [-0.1, -0.05) is 19.1 Å². The van der Waals surface area contributed by atoms with Crippen molar-refractivity contribution in [2.45, 2.75) is 26.4 Å². The lowest BCUT2D eigenvalue weighted by atomic mass is 10.1. The van der Waals surface area contributed by atoms with Crippen LogP contribution in [0.15, 0.2) is 18.2 Å². The van der Waals surface area contributed by atoms with Crippen molar-refractivity contribution >= 4 is 22.9 Å². The molecule has 2 N–H and O–H groups in total. The van der Waals surface area contributed by atoms with Gasteiger partial charge >= 0.3 is 6.18 Å². The minimum absolute atomic E-state index is 0.252. The molecule has 0 aliphatic heterocycles. The van der Waals surface area contributed by atoms with Gasteiger partial charge in [-0.3, -0.25) is 0 Å². The van der Waals surface area contributed by atoms with Crippen LogP contribution in [0.25, 0.3) is 0 Å². The number of halogens is 3. The Labute approximate surface area is 116 Å². The normalized spacial score (nSPS) is 11.4. The molecule has 0 bridgehead atoms. The molecule has 1 aromatic carbocycles. The molecule has 0 heterocycles. The third kappa shape index (κ3) is 4.70. The smallest absolute Gasteiger partial charge is 0.389 e. The maximum absolute atomic E-state index is 12.5. The van der Waals surface area contributed by atoms with Crippen molar-refractivity contribution in [2.24, 2.45) is 5.73 Å². The fourth-order valence-electron chi connectivity index (χ4n) is 1.91. The Morgan fingerprint density at radius 1 is 1.37 bits per heavy atom. The number of aryl methyl sites for hydroxylation is 1. The summed E-state index contributed by atoms with van der Waals surface area (Å²) in [5.41, 5.74) is 7.56. The first-order valence-electron chi connectivity index (χ1n) is 5.96. The van der Waals surface area contributed by atoms with Crippen LogP contribution < -0.4 is 10.6 Å². The van der Waals surface area contributed by atoms with E-state index in [1.54, 1.807) is 25.1 Å². The van der Waals surface area contributed by atoms with Crippen molar-refractivity contribution in [3.63, 3.8) is 0 Å². The van der Waals surface area contributed by atoms with Crippen LogP contribution in [-0.4, -0.2) is 24.3 Å². The van der Waals surface area contributed by atoms with Crippen LogP contribution in [0.4, 0.5) is 18.9 Å². The molecule has 0 radical (unpaired) electrons. The van der Waals surface area contributed by atoms with Crippen LogP contribution in [-0.2, 0) is 0 Å². The molecule has 1 aromatic rings.